The molecule has 0 unspecified atom stereocenters. The number of carboxylic acids is 1. The SMILES string of the molecule is CCN(C(=O)c1cc(C(=O)O)ccn1)C1CCCC1. The lowest BCUT2D eigenvalue weighted by atomic mass is 10.1. The summed E-state index contributed by atoms with van der Waals surface area (Å²) in [5, 5.41) is 8.95. The zero-order valence-corrected chi connectivity index (χ0v) is 11.0. The van der Waals surface area contributed by atoms with E-state index < -0.39 is 5.97 Å². The average Bonchev–Trinajstić information content (AvgIpc) is 2.93. The first-order chi connectivity index (χ1) is 9.13. The van der Waals surface area contributed by atoms with Crippen molar-refractivity contribution in [3.63, 3.8) is 0 Å². The van der Waals surface area contributed by atoms with Gasteiger partial charge in [0, 0.05) is 18.8 Å². The van der Waals surface area contributed by atoms with Crippen LogP contribution in [0.25, 0.3) is 0 Å². The van der Waals surface area contributed by atoms with E-state index in [1.54, 1.807) is 4.90 Å². The molecule has 2 rings (SSSR count). The highest BCUT2D eigenvalue weighted by Gasteiger charge is 2.27. The first-order valence-corrected chi connectivity index (χ1v) is 6.63. The number of aromatic nitrogens is 1. The highest BCUT2D eigenvalue weighted by molar-refractivity contribution is 5.96. The van der Waals surface area contributed by atoms with Gasteiger partial charge in [-0.2, -0.15) is 0 Å². The molecule has 1 heterocycles. The standard InChI is InChI=1S/C14H18N2O3/c1-2-16(11-5-3-4-6-11)13(17)12-9-10(14(18)19)7-8-15-12/h7-9,11H,2-6H2,1H3,(H,18,19). The van der Waals surface area contributed by atoms with Crippen LogP contribution >= 0.6 is 0 Å². The van der Waals surface area contributed by atoms with Crippen LogP contribution in [-0.2, 0) is 0 Å². The number of aromatic carboxylic acids is 1. The van der Waals surface area contributed by atoms with Crippen LogP contribution in [0.1, 0.15) is 53.5 Å². The Morgan fingerprint density at radius 1 is 1.42 bits per heavy atom. The fourth-order valence-electron chi connectivity index (χ4n) is 2.61. The lowest BCUT2D eigenvalue weighted by Crippen LogP contribution is -2.39. The molecule has 1 aliphatic carbocycles. The molecule has 0 atom stereocenters. The van der Waals surface area contributed by atoms with Crippen LogP contribution in [0.3, 0.4) is 0 Å². The predicted molar refractivity (Wildman–Crippen MR) is 70.2 cm³/mol. The maximum atomic E-state index is 12.4. The molecule has 1 saturated carbocycles. The molecule has 0 aromatic carbocycles. The predicted octanol–water partition coefficient (Wildman–Crippen LogP) is 2.18. The summed E-state index contributed by atoms with van der Waals surface area (Å²) in [6.07, 6.45) is 5.73. The van der Waals surface area contributed by atoms with Crippen molar-refractivity contribution in [1.29, 1.82) is 0 Å². The number of rotatable bonds is 4. The van der Waals surface area contributed by atoms with Crippen LogP contribution in [-0.4, -0.2) is 39.5 Å². The minimum absolute atomic E-state index is 0.0980. The minimum Gasteiger partial charge on any atom is -0.478 e. The second-order valence-electron chi connectivity index (χ2n) is 4.76. The summed E-state index contributed by atoms with van der Waals surface area (Å²) in [6.45, 7) is 2.57. The maximum absolute atomic E-state index is 12.4. The number of carboxylic acid groups (broad SMARTS) is 1. The van der Waals surface area contributed by atoms with Crippen molar-refractivity contribution in [2.45, 2.75) is 38.6 Å². The van der Waals surface area contributed by atoms with Gasteiger partial charge in [0.15, 0.2) is 0 Å². The largest absolute Gasteiger partial charge is 0.478 e. The molecule has 0 bridgehead atoms. The van der Waals surface area contributed by atoms with Gasteiger partial charge in [-0.1, -0.05) is 12.8 Å². The van der Waals surface area contributed by atoms with E-state index in [4.69, 9.17) is 5.11 Å². The highest BCUT2D eigenvalue weighted by Crippen LogP contribution is 2.24. The molecule has 1 aromatic heterocycles. The van der Waals surface area contributed by atoms with Crippen molar-refractivity contribution in [3.05, 3.63) is 29.6 Å². The van der Waals surface area contributed by atoms with Crippen molar-refractivity contribution in [3.8, 4) is 0 Å². The van der Waals surface area contributed by atoms with Crippen LogP contribution in [0, 0.1) is 0 Å². The molecule has 5 nitrogen and oxygen atoms in total. The van der Waals surface area contributed by atoms with E-state index >= 15 is 0 Å². The van der Waals surface area contributed by atoms with Crippen LogP contribution in [0.2, 0.25) is 0 Å². The Balaban J connectivity index is 2.21. The lowest BCUT2D eigenvalue weighted by molar-refractivity contribution is 0.0687. The summed E-state index contributed by atoms with van der Waals surface area (Å²) in [7, 11) is 0. The Hall–Kier alpha value is -1.91. The number of carbonyl (C=O) groups is 2. The second kappa shape index (κ2) is 5.82. The van der Waals surface area contributed by atoms with Crippen LogP contribution < -0.4 is 0 Å². The van der Waals surface area contributed by atoms with Gasteiger partial charge in [-0.25, -0.2) is 4.79 Å². The molecule has 1 fully saturated rings. The molecule has 19 heavy (non-hydrogen) atoms. The molecule has 1 amide bonds. The Kier molecular flexibility index (Phi) is 4.14. The van der Waals surface area contributed by atoms with E-state index in [-0.39, 0.29) is 23.2 Å². The Morgan fingerprint density at radius 3 is 2.68 bits per heavy atom. The summed E-state index contributed by atoms with van der Waals surface area (Å²) in [4.78, 5) is 29.1. The first-order valence-electron chi connectivity index (χ1n) is 6.63. The summed E-state index contributed by atoms with van der Waals surface area (Å²) < 4.78 is 0. The first kappa shape index (κ1) is 13.5. The molecule has 1 aromatic rings. The van der Waals surface area contributed by atoms with Gasteiger partial charge in [-0.05, 0) is 31.9 Å². The Labute approximate surface area is 112 Å². The average molecular weight is 262 g/mol. The lowest BCUT2D eigenvalue weighted by Gasteiger charge is -2.27. The molecule has 5 heteroatoms. The maximum Gasteiger partial charge on any atom is 0.335 e. The fourth-order valence-corrected chi connectivity index (χ4v) is 2.61. The zero-order valence-electron chi connectivity index (χ0n) is 11.0. The number of hydrogen-bond donors (Lipinski definition) is 1. The summed E-state index contributed by atoms with van der Waals surface area (Å²) in [5.41, 5.74) is 0.314. The van der Waals surface area contributed by atoms with Crippen molar-refractivity contribution < 1.29 is 14.7 Å². The number of nitrogens with zero attached hydrogens (tertiary/aromatic N) is 2. The minimum atomic E-state index is -1.04. The molecule has 0 aliphatic heterocycles. The Morgan fingerprint density at radius 2 is 2.11 bits per heavy atom. The topological polar surface area (TPSA) is 70.5 Å². The monoisotopic (exact) mass is 262 g/mol. The molecular weight excluding hydrogens is 244 g/mol. The van der Waals surface area contributed by atoms with Gasteiger partial charge in [-0.3, -0.25) is 9.78 Å². The fraction of sp³-hybridized carbons (Fsp3) is 0.500. The van der Waals surface area contributed by atoms with Gasteiger partial charge in [0.25, 0.3) is 5.91 Å². The third-order valence-electron chi connectivity index (χ3n) is 3.59. The smallest absolute Gasteiger partial charge is 0.335 e. The van der Waals surface area contributed by atoms with Gasteiger partial charge >= 0.3 is 5.97 Å². The van der Waals surface area contributed by atoms with E-state index in [0.717, 1.165) is 25.7 Å². The van der Waals surface area contributed by atoms with Crippen molar-refractivity contribution in [2.75, 3.05) is 6.54 Å². The number of carbonyl (C=O) groups excluding carboxylic acids is 1. The summed E-state index contributed by atoms with van der Waals surface area (Å²) >= 11 is 0. The Bertz CT molecular complexity index is 481. The van der Waals surface area contributed by atoms with Crippen LogP contribution in [0.15, 0.2) is 18.3 Å². The number of hydrogen-bond acceptors (Lipinski definition) is 3. The second-order valence-corrected chi connectivity index (χ2v) is 4.76. The molecule has 1 N–H and O–H groups in total. The van der Waals surface area contributed by atoms with Gasteiger partial charge in [0.1, 0.15) is 5.69 Å². The van der Waals surface area contributed by atoms with Gasteiger partial charge in [-0.15, -0.1) is 0 Å². The van der Waals surface area contributed by atoms with E-state index in [9.17, 15) is 9.59 Å². The normalized spacial score (nSPS) is 15.4. The summed E-state index contributed by atoms with van der Waals surface area (Å²) in [5.74, 6) is -1.21. The third-order valence-corrected chi connectivity index (χ3v) is 3.59. The van der Waals surface area contributed by atoms with Crippen molar-refractivity contribution >= 4 is 11.9 Å². The molecule has 0 saturated heterocycles. The zero-order chi connectivity index (χ0) is 13.8. The van der Waals surface area contributed by atoms with E-state index in [2.05, 4.69) is 4.98 Å². The van der Waals surface area contributed by atoms with Crippen molar-refractivity contribution in [2.24, 2.45) is 0 Å². The van der Waals surface area contributed by atoms with E-state index in [0.29, 0.717) is 6.54 Å². The molecule has 0 spiro atoms. The van der Waals surface area contributed by atoms with E-state index in [1.165, 1.54) is 18.3 Å². The summed E-state index contributed by atoms with van der Waals surface area (Å²) in [6, 6.07) is 3.01. The van der Waals surface area contributed by atoms with Gasteiger partial charge < -0.3 is 10.0 Å². The molecule has 0 radical (unpaired) electrons. The van der Waals surface area contributed by atoms with Crippen molar-refractivity contribution in [1.82, 2.24) is 9.88 Å². The molecular formula is C14H18N2O3. The third kappa shape index (κ3) is 2.92. The van der Waals surface area contributed by atoms with E-state index in [1.807, 2.05) is 6.92 Å². The van der Waals surface area contributed by atoms with Crippen LogP contribution in [0.4, 0.5) is 0 Å². The number of amides is 1. The quantitative estimate of drug-likeness (QED) is 0.902. The van der Waals surface area contributed by atoms with Gasteiger partial charge in [0.05, 0.1) is 5.56 Å². The number of pyridine rings is 1. The highest BCUT2D eigenvalue weighted by atomic mass is 16.4. The van der Waals surface area contributed by atoms with Gasteiger partial charge in [0.2, 0.25) is 0 Å². The molecule has 102 valence electrons. The van der Waals surface area contributed by atoms with Crippen LogP contribution in [0.5, 0.6) is 0 Å². The molecule has 1 aliphatic rings.